The smallest absolute Gasteiger partial charge is 0.263 e. The molecule has 0 bridgehead atoms. The molecule has 7 nitrogen and oxygen atoms in total. The van der Waals surface area contributed by atoms with Crippen LogP contribution in [0.25, 0.3) is 11.4 Å². The third kappa shape index (κ3) is 4.86. The number of nitrogens with zero attached hydrogens (tertiary/aromatic N) is 3. The van der Waals surface area contributed by atoms with Crippen molar-refractivity contribution in [3.63, 3.8) is 0 Å². The molecule has 0 saturated heterocycles. The first kappa shape index (κ1) is 20.7. The van der Waals surface area contributed by atoms with Crippen LogP contribution in [0.1, 0.15) is 19.2 Å². The molecule has 3 rings (SSSR count). The van der Waals surface area contributed by atoms with Gasteiger partial charge in [0.25, 0.3) is 5.91 Å². The van der Waals surface area contributed by atoms with Crippen LogP contribution in [0.2, 0.25) is 5.02 Å². The van der Waals surface area contributed by atoms with Crippen LogP contribution in [-0.2, 0) is 11.3 Å². The van der Waals surface area contributed by atoms with Gasteiger partial charge in [-0.25, -0.2) is 0 Å². The van der Waals surface area contributed by atoms with Gasteiger partial charge < -0.3 is 18.9 Å². The van der Waals surface area contributed by atoms with Crippen molar-refractivity contribution in [2.45, 2.75) is 26.0 Å². The Morgan fingerprint density at radius 2 is 1.86 bits per heavy atom. The Hall–Kier alpha value is -3.06. The Balaban J connectivity index is 1.69. The number of carbonyl (C=O) groups excluding carboxylic acids is 1. The highest BCUT2D eigenvalue weighted by molar-refractivity contribution is 6.33. The first-order valence-electron chi connectivity index (χ1n) is 9.15. The summed E-state index contributed by atoms with van der Waals surface area (Å²) in [5.74, 6) is 1.58. The van der Waals surface area contributed by atoms with E-state index in [4.69, 9.17) is 25.6 Å². The fraction of sp³-hybridized carbons (Fsp3) is 0.286. The van der Waals surface area contributed by atoms with Gasteiger partial charge in [0.1, 0.15) is 0 Å². The number of methoxy groups -OCH3 is 1. The lowest BCUT2D eigenvalue weighted by molar-refractivity contribution is -0.138. The zero-order valence-electron chi connectivity index (χ0n) is 16.5. The molecule has 29 heavy (non-hydrogen) atoms. The maximum absolute atomic E-state index is 12.9. The molecule has 0 aliphatic rings. The number of rotatable bonds is 8. The van der Waals surface area contributed by atoms with Gasteiger partial charge in [0.05, 0.1) is 18.7 Å². The molecule has 0 radical (unpaired) electrons. The fourth-order valence-corrected chi connectivity index (χ4v) is 3.00. The number of para-hydroxylation sites is 2. The predicted molar refractivity (Wildman–Crippen MR) is 109 cm³/mol. The number of halogens is 1. The second kappa shape index (κ2) is 9.43. The minimum absolute atomic E-state index is 0.155. The van der Waals surface area contributed by atoms with Gasteiger partial charge in [0, 0.05) is 12.6 Å². The van der Waals surface area contributed by atoms with Gasteiger partial charge in [-0.2, -0.15) is 4.98 Å². The van der Waals surface area contributed by atoms with Gasteiger partial charge >= 0.3 is 0 Å². The number of carbonyl (C=O) groups is 1. The van der Waals surface area contributed by atoms with Gasteiger partial charge in [-0.15, -0.1) is 0 Å². The molecule has 0 saturated carbocycles. The normalized spacial score (nSPS) is 11.7. The highest BCUT2D eigenvalue weighted by Crippen LogP contribution is 2.28. The third-order valence-corrected chi connectivity index (χ3v) is 4.65. The molecule has 0 aliphatic heterocycles. The monoisotopic (exact) mass is 415 g/mol. The molecule has 0 spiro atoms. The first-order valence-corrected chi connectivity index (χ1v) is 9.53. The van der Waals surface area contributed by atoms with Crippen molar-refractivity contribution >= 4 is 17.5 Å². The SMILES string of the molecule is CC[C@@H](Oc1ccccc1OC)C(=O)N(C)Cc1nc(-c2ccccc2Cl)no1. The first-order chi connectivity index (χ1) is 14.0. The Kier molecular flexibility index (Phi) is 6.72. The van der Waals surface area contributed by atoms with E-state index < -0.39 is 6.10 Å². The van der Waals surface area contributed by atoms with Gasteiger partial charge in [-0.05, 0) is 30.7 Å². The molecule has 152 valence electrons. The van der Waals surface area contributed by atoms with E-state index in [1.807, 2.05) is 31.2 Å². The Labute approximate surface area is 174 Å². The summed E-state index contributed by atoms with van der Waals surface area (Å²) >= 11 is 6.17. The van der Waals surface area contributed by atoms with Crippen molar-refractivity contribution < 1.29 is 18.8 Å². The molecule has 1 amide bonds. The maximum Gasteiger partial charge on any atom is 0.263 e. The lowest BCUT2D eigenvalue weighted by Crippen LogP contribution is -2.39. The standard InChI is InChI=1S/C21H22ClN3O4/c1-4-16(28-18-12-8-7-11-17(18)27-3)21(26)25(2)13-19-23-20(24-29-19)14-9-5-6-10-15(14)22/h5-12,16H,4,13H2,1-3H3/t16-/m1/s1. The van der Waals surface area contributed by atoms with Crippen molar-refractivity contribution in [2.24, 2.45) is 0 Å². The molecule has 1 atom stereocenters. The van der Waals surface area contributed by atoms with Crippen LogP contribution in [0.3, 0.4) is 0 Å². The molecule has 0 unspecified atom stereocenters. The highest BCUT2D eigenvalue weighted by atomic mass is 35.5. The molecular formula is C21H22ClN3O4. The summed E-state index contributed by atoms with van der Waals surface area (Å²) in [6.07, 6.45) is -0.169. The Morgan fingerprint density at radius 1 is 1.17 bits per heavy atom. The number of hydrogen-bond donors (Lipinski definition) is 0. The van der Waals surface area contributed by atoms with Gasteiger partial charge in [0.15, 0.2) is 17.6 Å². The largest absolute Gasteiger partial charge is 0.493 e. The van der Waals surface area contributed by atoms with E-state index in [2.05, 4.69) is 10.1 Å². The zero-order chi connectivity index (χ0) is 20.8. The van der Waals surface area contributed by atoms with Gasteiger partial charge in [-0.1, -0.05) is 47.9 Å². The summed E-state index contributed by atoms with van der Waals surface area (Å²) in [7, 11) is 3.22. The van der Waals surface area contributed by atoms with Crippen molar-refractivity contribution in [1.82, 2.24) is 15.0 Å². The molecule has 1 aromatic heterocycles. The molecule has 0 N–H and O–H groups in total. The van der Waals surface area contributed by atoms with E-state index in [0.717, 1.165) is 0 Å². The number of amides is 1. The summed E-state index contributed by atoms with van der Waals surface area (Å²) < 4.78 is 16.5. The second-order valence-electron chi connectivity index (χ2n) is 6.35. The topological polar surface area (TPSA) is 77.7 Å². The average Bonchev–Trinajstić information content (AvgIpc) is 3.20. The van der Waals surface area contributed by atoms with E-state index in [1.165, 1.54) is 4.90 Å². The number of likely N-dealkylation sites (N-methyl/N-ethyl adjacent to an activating group) is 1. The molecular weight excluding hydrogens is 394 g/mol. The van der Waals surface area contributed by atoms with Crippen molar-refractivity contribution in [3.05, 3.63) is 59.4 Å². The van der Waals surface area contributed by atoms with Crippen molar-refractivity contribution in [3.8, 4) is 22.9 Å². The van der Waals surface area contributed by atoms with Crippen LogP contribution >= 0.6 is 11.6 Å². The Morgan fingerprint density at radius 3 is 2.55 bits per heavy atom. The summed E-state index contributed by atoms with van der Waals surface area (Å²) in [4.78, 5) is 18.7. The Bertz CT molecular complexity index is 976. The molecule has 3 aromatic rings. The van der Waals surface area contributed by atoms with E-state index in [-0.39, 0.29) is 12.5 Å². The second-order valence-corrected chi connectivity index (χ2v) is 6.76. The fourth-order valence-electron chi connectivity index (χ4n) is 2.78. The van der Waals surface area contributed by atoms with Crippen LogP contribution in [0.15, 0.2) is 53.1 Å². The van der Waals surface area contributed by atoms with Crippen LogP contribution in [0, 0.1) is 0 Å². The molecule has 8 heteroatoms. The maximum atomic E-state index is 12.9. The number of hydrogen-bond acceptors (Lipinski definition) is 6. The lowest BCUT2D eigenvalue weighted by atomic mass is 10.2. The van der Waals surface area contributed by atoms with Crippen LogP contribution in [-0.4, -0.2) is 41.2 Å². The van der Waals surface area contributed by atoms with Gasteiger partial charge in [-0.3, -0.25) is 4.79 Å². The van der Waals surface area contributed by atoms with Crippen LogP contribution in [0.4, 0.5) is 0 Å². The molecule has 0 aliphatic carbocycles. The number of benzene rings is 2. The van der Waals surface area contributed by atoms with Crippen LogP contribution < -0.4 is 9.47 Å². The van der Waals surface area contributed by atoms with Gasteiger partial charge in [0.2, 0.25) is 11.7 Å². The quantitative estimate of drug-likeness (QED) is 0.548. The number of aromatic nitrogens is 2. The predicted octanol–water partition coefficient (Wildman–Crippen LogP) is 4.21. The average molecular weight is 416 g/mol. The minimum atomic E-state index is -0.665. The molecule has 2 aromatic carbocycles. The van der Waals surface area contributed by atoms with Crippen molar-refractivity contribution in [1.29, 1.82) is 0 Å². The van der Waals surface area contributed by atoms with Crippen molar-refractivity contribution in [2.75, 3.05) is 14.2 Å². The number of ether oxygens (including phenoxy) is 2. The molecule has 1 heterocycles. The summed E-state index contributed by atoms with van der Waals surface area (Å²) in [6.45, 7) is 2.04. The molecule has 0 fully saturated rings. The summed E-state index contributed by atoms with van der Waals surface area (Å²) in [5.41, 5.74) is 0.670. The lowest BCUT2D eigenvalue weighted by Gasteiger charge is -2.23. The zero-order valence-corrected chi connectivity index (χ0v) is 17.2. The summed E-state index contributed by atoms with van der Waals surface area (Å²) in [5, 5.41) is 4.49. The van der Waals surface area contributed by atoms with E-state index in [9.17, 15) is 4.79 Å². The van der Waals surface area contributed by atoms with E-state index in [0.29, 0.717) is 40.2 Å². The summed E-state index contributed by atoms with van der Waals surface area (Å²) in [6, 6.07) is 14.4. The van der Waals surface area contributed by atoms with Crippen LogP contribution in [0.5, 0.6) is 11.5 Å². The highest BCUT2D eigenvalue weighted by Gasteiger charge is 2.25. The third-order valence-electron chi connectivity index (χ3n) is 4.32. The van der Waals surface area contributed by atoms with E-state index >= 15 is 0 Å². The minimum Gasteiger partial charge on any atom is -0.493 e. The van der Waals surface area contributed by atoms with E-state index in [1.54, 1.807) is 38.4 Å².